The fourth-order valence-electron chi connectivity index (χ4n) is 4.76. The van der Waals surface area contributed by atoms with Crippen molar-refractivity contribution in [1.29, 1.82) is 0 Å². The number of imidazole rings is 1. The van der Waals surface area contributed by atoms with Crippen LogP contribution in [0.3, 0.4) is 0 Å². The molecule has 1 amide bonds. The van der Waals surface area contributed by atoms with Gasteiger partial charge in [0.15, 0.2) is 0 Å². The van der Waals surface area contributed by atoms with Crippen LogP contribution in [0.5, 0.6) is 0 Å². The lowest BCUT2D eigenvalue weighted by Crippen LogP contribution is -2.41. The number of para-hydroxylation sites is 2. The standard InChI is InChI=1S/C28H29ClN4O/c1-20-7-6-8-21(17-20)19-33-26-12-5-4-11-25(26)31-28(33)32-15-13-22(14-16-32)27(34)30-18-23-9-2-3-10-24(23)29/h2-12,17,22H,13-16,18-19H2,1H3,(H,30,34). The topological polar surface area (TPSA) is 50.2 Å². The van der Waals surface area contributed by atoms with Crippen LogP contribution in [0.4, 0.5) is 5.95 Å². The Kier molecular flexibility index (Phi) is 6.54. The highest BCUT2D eigenvalue weighted by Crippen LogP contribution is 2.28. The number of amides is 1. The van der Waals surface area contributed by atoms with Gasteiger partial charge in [-0.25, -0.2) is 4.98 Å². The van der Waals surface area contributed by atoms with Crippen molar-refractivity contribution in [3.8, 4) is 0 Å². The summed E-state index contributed by atoms with van der Waals surface area (Å²) in [6.07, 6.45) is 1.62. The van der Waals surface area contributed by atoms with Crippen LogP contribution in [0.25, 0.3) is 11.0 Å². The van der Waals surface area contributed by atoms with Gasteiger partial charge in [0.05, 0.1) is 17.6 Å². The first-order valence-corrected chi connectivity index (χ1v) is 12.2. The molecule has 34 heavy (non-hydrogen) atoms. The van der Waals surface area contributed by atoms with Crippen molar-refractivity contribution in [2.24, 2.45) is 5.92 Å². The summed E-state index contributed by atoms with van der Waals surface area (Å²) in [6, 6.07) is 24.6. The predicted molar refractivity (Wildman–Crippen MR) is 138 cm³/mol. The average molecular weight is 473 g/mol. The second-order valence-electron chi connectivity index (χ2n) is 9.05. The number of aromatic nitrogens is 2. The van der Waals surface area contributed by atoms with Crippen molar-refractivity contribution in [3.63, 3.8) is 0 Å². The zero-order valence-corrected chi connectivity index (χ0v) is 20.1. The van der Waals surface area contributed by atoms with Crippen molar-refractivity contribution in [3.05, 3.63) is 94.5 Å². The molecule has 5 nitrogen and oxygen atoms in total. The number of nitrogens with zero attached hydrogens (tertiary/aromatic N) is 3. The molecule has 0 spiro atoms. The Balaban J connectivity index is 1.29. The van der Waals surface area contributed by atoms with Gasteiger partial charge in [0.25, 0.3) is 0 Å². The molecule has 0 radical (unpaired) electrons. The number of rotatable bonds is 6. The molecule has 0 atom stereocenters. The van der Waals surface area contributed by atoms with E-state index in [4.69, 9.17) is 16.6 Å². The van der Waals surface area contributed by atoms with Crippen molar-refractivity contribution in [1.82, 2.24) is 14.9 Å². The first-order valence-electron chi connectivity index (χ1n) is 11.9. The van der Waals surface area contributed by atoms with Crippen LogP contribution in [0, 0.1) is 12.8 Å². The molecule has 0 unspecified atom stereocenters. The summed E-state index contributed by atoms with van der Waals surface area (Å²) in [4.78, 5) is 20.1. The largest absolute Gasteiger partial charge is 0.352 e. The number of fused-ring (bicyclic) bond motifs is 1. The highest BCUT2D eigenvalue weighted by atomic mass is 35.5. The Morgan fingerprint density at radius 2 is 1.79 bits per heavy atom. The number of hydrogen-bond donors (Lipinski definition) is 1. The van der Waals surface area contributed by atoms with Gasteiger partial charge in [-0.1, -0.05) is 71.8 Å². The molecular formula is C28H29ClN4O. The van der Waals surface area contributed by atoms with Crippen LogP contribution in [-0.2, 0) is 17.9 Å². The molecule has 6 heteroatoms. The van der Waals surface area contributed by atoms with E-state index in [0.717, 1.165) is 55.0 Å². The Hall–Kier alpha value is -3.31. The third-order valence-corrected chi connectivity index (χ3v) is 6.99. The van der Waals surface area contributed by atoms with E-state index < -0.39 is 0 Å². The first-order chi connectivity index (χ1) is 16.6. The lowest BCUT2D eigenvalue weighted by atomic mass is 9.96. The number of halogens is 1. The summed E-state index contributed by atoms with van der Waals surface area (Å²) < 4.78 is 2.31. The van der Waals surface area contributed by atoms with Gasteiger partial charge in [-0.2, -0.15) is 0 Å². The molecule has 1 fully saturated rings. The molecular weight excluding hydrogens is 444 g/mol. The summed E-state index contributed by atoms with van der Waals surface area (Å²) in [5.41, 5.74) is 5.61. The monoisotopic (exact) mass is 472 g/mol. The first kappa shape index (κ1) is 22.5. The van der Waals surface area contributed by atoms with E-state index in [2.05, 4.69) is 64.2 Å². The molecule has 0 bridgehead atoms. The van der Waals surface area contributed by atoms with Crippen molar-refractivity contribution < 1.29 is 4.79 Å². The predicted octanol–water partition coefficient (Wildman–Crippen LogP) is 5.58. The SMILES string of the molecule is Cc1cccc(Cn2c(N3CCC(C(=O)NCc4ccccc4Cl)CC3)nc3ccccc32)c1. The van der Waals surface area contributed by atoms with Gasteiger partial charge in [0.2, 0.25) is 11.9 Å². The number of benzene rings is 3. The molecule has 4 aromatic rings. The van der Waals surface area contributed by atoms with E-state index in [1.165, 1.54) is 11.1 Å². The third kappa shape index (κ3) is 4.80. The van der Waals surface area contributed by atoms with E-state index in [1.54, 1.807) is 0 Å². The van der Waals surface area contributed by atoms with Gasteiger partial charge < -0.3 is 14.8 Å². The maximum Gasteiger partial charge on any atom is 0.223 e. The lowest BCUT2D eigenvalue weighted by Gasteiger charge is -2.32. The highest BCUT2D eigenvalue weighted by Gasteiger charge is 2.27. The number of piperidine rings is 1. The van der Waals surface area contributed by atoms with Gasteiger partial charge in [0, 0.05) is 30.6 Å². The molecule has 1 aromatic heterocycles. The molecule has 1 aliphatic rings. The minimum atomic E-state index is 0.00772. The normalized spacial score (nSPS) is 14.5. The molecule has 1 saturated heterocycles. The van der Waals surface area contributed by atoms with Crippen molar-refractivity contribution in [2.75, 3.05) is 18.0 Å². The van der Waals surface area contributed by atoms with Gasteiger partial charge in [0.1, 0.15) is 0 Å². The Labute approximate surface area is 205 Å². The minimum absolute atomic E-state index is 0.00772. The van der Waals surface area contributed by atoms with Crippen LogP contribution in [0.1, 0.15) is 29.5 Å². The summed E-state index contributed by atoms with van der Waals surface area (Å²) >= 11 is 6.23. The second kappa shape index (κ2) is 9.90. The quantitative estimate of drug-likeness (QED) is 0.398. The Morgan fingerprint density at radius 1 is 1.03 bits per heavy atom. The zero-order chi connectivity index (χ0) is 23.5. The maximum absolute atomic E-state index is 12.8. The van der Waals surface area contributed by atoms with Crippen molar-refractivity contribution >= 4 is 34.5 Å². The lowest BCUT2D eigenvalue weighted by molar-refractivity contribution is -0.125. The van der Waals surface area contributed by atoms with E-state index in [9.17, 15) is 4.79 Å². The smallest absolute Gasteiger partial charge is 0.223 e. The average Bonchev–Trinajstić information content (AvgIpc) is 3.22. The summed E-state index contributed by atoms with van der Waals surface area (Å²) in [5.74, 6) is 1.10. The van der Waals surface area contributed by atoms with E-state index >= 15 is 0 Å². The van der Waals surface area contributed by atoms with Crippen LogP contribution < -0.4 is 10.2 Å². The minimum Gasteiger partial charge on any atom is -0.352 e. The number of aryl methyl sites for hydroxylation is 1. The highest BCUT2D eigenvalue weighted by molar-refractivity contribution is 6.31. The van der Waals surface area contributed by atoms with Crippen LogP contribution >= 0.6 is 11.6 Å². The number of carbonyl (C=O) groups is 1. The van der Waals surface area contributed by atoms with Crippen LogP contribution in [0.15, 0.2) is 72.8 Å². The van der Waals surface area contributed by atoms with E-state index in [0.29, 0.717) is 11.6 Å². The number of hydrogen-bond acceptors (Lipinski definition) is 3. The fraction of sp³-hybridized carbons (Fsp3) is 0.286. The van der Waals surface area contributed by atoms with Gasteiger partial charge >= 0.3 is 0 Å². The fourth-order valence-corrected chi connectivity index (χ4v) is 4.97. The number of carbonyl (C=O) groups excluding carboxylic acids is 1. The molecule has 1 N–H and O–H groups in total. The number of anilines is 1. The van der Waals surface area contributed by atoms with E-state index in [1.807, 2.05) is 30.3 Å². The second-order valence-corrected chi connectivity index (χ2v) is 9.45. The maximum atomic E-state index is 12.8. The molecule has 3 aromatic carbocycles. The van der Waals surface area contributed by atoms with E-state index in [-0.39, 0.29) is 11.8 Å². The number of nitrogens with one attached hydrogen (secondary N) is 1. The molecule has 174 valence electrons. The molecule has 0 saturated carbocycles. The third-order valence-electron chi connectivity index (χ3n) is 6.62. The molecule has 0 aliphatic carbocycles. The zero-order valence-electron chi connectivity index (χ0n) is 19.4. The molecule has 2 heterocycles. The summed E-state index contributed by atoms with van der Waals surface area (Å²) in [5, 5.41) is 3.76. The Morgan fingerprint density at radius 3 is 2.59 bits per heavy atom. The summed E-state index contributed by atoms with van der Waals surface area (Å²) in [6.45, 7) is 4.97. The Bertz CT molecular complexity index is 1310. The molecule has 5 rings (SSSR count). The molecule has 1 aliphatic heterocycles. The van der Waals surface area contributed by atoms with Gasteiger partial charge in [-0.05, 0) is 49.1 Å². The van der Waals surface area contributed by atoms with Gasteiger partial charge in [-0.15, -0.1) is 0 Å². The van der Waals surface area contributed by atoms with Crippen molar-refractivity contribution in [2.45, 2.75) is 32.9 Å². The van der Waals surface area contributed by atoms with Crippen LogP contribution in [0.2, 0.25) is 5.02 Å². The van der Waals surface area contributed by atoms with Gasteiger partial charge in [-0.3, -0.25) is 4.79 Å². The van der Waals surface area contributed by atoms with Crippen LogP contribution in [-0.4, -0.2) is 28.5 Å². The summed E-state index contributed by atoms with van der Waals surface area (Å²) in [7, 11) is 0.